The van der Waals surface area contributed by atoms with Crippen molar-refractivity contribution >= 4 is 28.2 Å². The maximum absolute atomic E-state index is 5.56. The quantitative estimate of drug-likeness (QED) is 0.854. The molecule has 3 N–H and O–H groups in total. The maximum atomic E-state index is 5.56. The van der Waals surface area contributed by atoms with Crippen LogP contribution in [0.15, 0.2) is 17.6 Å². The summed E-state index contributed by atoms with van der Waals surface area (Å²) >= 11 is 1.54. The lowest BCUT2D eigenvalue weighted by Crippen LogP contribution is -1.99. The number of rotatable bonds is 3. The Bertz CT molecular complexity index is 480. The number of nitrogens with zero attached hydrogens (tertiary/aromatic N) is 3. The van der Waals surface area contributed by atoms with Gasteiger partial charge >= 0.3 is 0 Å². The third-order valence-electron chi connectivity index (χ3n) is 2.01. The molecule has 2 rings (SSSR count). The number of nitrogens with two attached hydrogens (primary N) is 1. The monoisotopic (exact) mass is 235 g/mol. The summed E-state index contributed by atoms with van der Waals surface area (Å²) in [5.41, 5.74) is 6.62. The molecule has 0 unspecified atom stereocenters. The van der Waals surface area contributed by atoms with Crippen molar-refractivity contribution < 1.29 is 0 Å². The number of anilines is 3. The largest absolute Gasteiger partial charge is 0.384 e. The van der Waals surface area contributed by atoms with E-state index in [0.717, 1.165) is 10.8 Å². The van der Waals surface area contributed by atoms with Gasteiger partial charge in [-0.15, -0.1) is 11.3 Å². The third kappa shape index (κ3) is 2.46. The summed E-state index contributed by atoms with van der Waals surface area (Å²) in [6.07, 6.45) is 1.61. The van der Waals surface area contributed by atoms with E-state index in [0.29, 0.717) is 17.7 Å². The highest BCUT2D eigenvalue weighted by Gasteiger charge is 2.06. The van der Waals surface area contributed by atoms with Crippen molar-refractivity contribution in [2.24, 2.45) is 0 Å². The molecule has 0 bridgehead atoms. The van der Waals surface area contributed by atoms with Crippen LogP contribution in [0, 0.1) is 0 Å². The van der Waals surface area contributed by atoms with Gasteiger partial charge in [0.25, 0.3) is 0 Å². The van der Waals surface area contributed by atoms with Crippen LogP contribution in [0.5, 0.6) is 0 Å². The molecule has 0 fully saturated rings. The maximum Gasteiger partial charge on any atom is 0.230 e. The second-order valence-electron chi connectivity index (χ2n) is 3.66. The molecule has 6 heteroatoms. The predicted molar refractivity (Wildman–Crippen MR) is 65.9 cm³/mol. The molecule has 0 saturated heterocycles. The number of hydrogen-bond donors (Lipinski definition) is 2. The molecule has 0 atom stereocenters. The Hall–Kier alpha value is -1.69. The van der Waals surface area contributed by atoms with Crippen LogP contribution in [-0.2, 0) is 0 Å². The molecule has 0 saturated carbocycles. The third-order valence-corrected chi connectivity index (χ3v) is 2.79. The lowest BCUT2D eigenvalue weighted by atomic mass is 10.2. The van der Waals surface area contributed by atoms with Crippen LogP contribution in [0.2, 0.25) is 0 Å². The number of nitrogen functional groups attached to an aromatic ring is 1. The molecule has 84 valence electrons. The van der Waals surface area contributed by atoms with E-state index >= 15 is 0 Å². The van der Waals surface area contributed by atoms with Gasteiger partial charge in [0.2, 0.25) is 5.95 Å². The summed E-state index contributed by atoms with van der Waals surface area (Å²) in [5, 5.41) is 5.84. The van der Waals surface area contributed by atoms with Gasteiger partial charge in [0.05, 0.1) is 5.69 Å². The first-order chi connectivity index (χ1) is 7.65. The molecule has 2 aromatic rings. The van der Waals surface area contributed by atoms with Gasteiger partial charge in [0.1, 0.15) is 5.82 Å². The lowest BCUT2D eigenvalue weighted by Gasteiger charge is -2.01. The van der Waals surface area contributed by atoms with Gasteiger partial charge in [-0.25, -0.2) is 9.97 Å². The Morgan fingerprint density at radius 2 is 2.19 bits per heavy atom. The van der Waals surface area contributed by atoms with E-state index in [-0.39, 0.29) is 0 Å². The first-order valence-corrected chi connectivity index (χ1v) is 5.84. The molecule has 0 aliphatic heterocycles. The average molecular weight is 235 g/mol. The Balaban J connectivity index is 2.14. The van der Waals surface area contributed by atoms with Gasteiger partial charge in [-0.3, -0.25) is 5.32 Å². The van der Waals surface area contributed by atoms with Crippen LogP contribution in [0.25, 0.3) is 0 Å². The van der Waals surface area contributed by atoms with Crippen molar-refractivity contribution in [2.75, 3.05) is 11.1 Å². The smallest absolute Gasteiger partial charge is 0.230 e. The Morgan fingerprint density at radius 3 is 2.81 bits per heavy atom. The fourth-order valence-electron chi connectivity index (χ4n) is 1.14. The molecule has 0 amide bonds. The first kappa shape index (κ1) is 10.8. The fourth-order valence-corrected chi connectivity index (χ4v) is 2.00. The van der Waals surface area contributed by atoms with E-state index in [1.54, 1.807) is 12.3 Å². The SMILES string of the molecule is CC(C)c1csc(Nc2nccc(N)n2)n1. The molecule has 16 heavy (non-hydrogen) atoms. The normalized spacial score (nSPS) is 10.7. The van der Waals surface area contributed by atoms with Crippen LogP contribution < -0.4 is 11.1 Å². The van der Waals surface area contributed by atoms with E-state index in [9.17, 15) is 0 Å². The second-order valence-corrected chi connectivity index (χ2v) is 4.52. The van der Waals surface area contributed by atoms with Gasteiger partial charge < -0.3 is 5.73 Å². The Kier molecular flexibility index (Phi) is 3.00. The van der Waals surface area contributed by atoms with Gasteiger partial charge in [-0.1, -0.05) is 13.8 Å². The van der Waals surface area contributed by atoms with Crippen molar-refractivity contribution in [1.82, 2.24) is 15.0 Å². The molecular weight excluding hydrogens is 222 g/mol. The van der Waals surface area contributed by atoms with Crippen molar-refractivity contribution in [3.8, 4) is 0 Å². The van der Waals surface area contributed by atoms with Crippen molar-refractivity contribution in [3.05, 3.63) is 23.3 Å². The van der Waals surface area contributed by atoms with Gasteiger partial charge in [0, 0.05) is 11.6 Å². The Morgan fingerprint density at radius 1 is 1.38 bits per heavy atom. The molecule has 2 heterocycles. The van der Waals surface area contributed by atoms with Crippen molar-refractivity contribution in [3.63, 3.8) is 0 Å². The molecule has 0 radical (unpaired) electrons. The number of hydrogen-bond acceptors (Lipinski definition) is 6. The zero-order valence-electron chi connectivity index (χ0n) is 9.14. The van der Waals surface area contributed by atoms with Crippen LogP contribution >= 0.6 is 11.3 Å². The summed E-state index contributed by atoms with van der Waals surface area (Å²) in [7, 11) is 0. The highest BCUT2D eigenvalue weighted by atomic mass is 32.1. The highest BCUT2D eigenvalue weighted by Crippen LogP contribution is 2.23. The summed E-state index contributed by atoms with van der Waals surface area (Å²) in [6.45, 7) is 4.21. The molecule has 0 aliphatic rings. The average Bonchev–Trinajstić information content (AvgIpc) is 2.66. The first-order valence-electron chi connectivity index (χ1n) is 4.96. The molecule has 0 aliphatic carbocycles. The summed E-state index contributed by atoms with van der Waals surface area (Å²) in [6, 6.07) is 1.65. The highest BCUT2D eigenvalue weighted by molar-refractivity contribution is 7.13. The molecule has 0 aromatic carbocycles. The fraction of sp³-hybridized carbons (Fsp3) is 0.300. The molecule has 5 nitrogen and oxygen atoms in total. The van der Waals surface area contributed by atoms with Crippen LogP contribution in [0.3, 0.4) is 0 Å². The second kappa shape index (κ2) is 4.44. The van der Waals surface area contributed by atoms with Gasteiger partial charge in [-0.2, -0.15) is 4.98 Å². The van der Waals surface area contributed by atoms with E-state index in [4.69, 9.17) is 5.73 Å². The lowest BCUT2D eigenvalue weighted by molar-refractivity contribution is 0.834. The minimum atomic E-state index is 0.425. The summed E-state index contributed by atoms with van der Waals surface area (Å²) in [4.78, 5) is 12.5. The van der Waals surface area contributed by atoms with E-state index in [1.165, 1.54) is 11.3 Å². The zero-order valence-corrected chi connectivity index (χ0v) is 9.95. The number of thiazole rings is 1. The molecular formula is C10H13N5S. The van der Waals surface area contributed by atoms with Crippen LogP contribution in [0.1, 0.15) is 25.5 Å². The summed E-state index contributed by atoms with van der Waals surface area (Å²) in [5.74, 6) is 1.34. The van der Waals surface area contributed by atoms with Gasteiger partial charge in [0.15, 0.2) is 5.13 Å². The van der Waals surface area contributed by atoms with E-state index in [1.807, 2.05) is 5.38 Å². The number of aromatic nitrogens is 3. The minimum Gasteiger partial charge on any atom is -0.384 e. The summed E-state index contributed by atoms with van der Waals surface area (Å²) < 4.78 is 0. The van der Waals surface area contributed by atoms with Crippen LogP contribution in [-0.4, -0.2) is 15.0 Å². The predicted octanol–water partition coefficient (Wildman–Crippen LogP) is 2.38. The molecule has 2 aromatic heterocycles. The molecule has 0 spiro atoms. The van der Waals surface area contributed by atoms with Crippen LogP contribution in [0.4, 0.5) is 16.9 Å². The van der Waals surface area contributed by atoms with Crippen molar-refractivity contribution in [2.45, 2.75) is 19.8 Å². The zero-order chi connectivity index (χ0) is 11.5. The number of nitrogens with one attached hydrogen (secondary N) is 1. The van der Waals surface area contributed by atoms with E-state index < -0.39 is 0 Å². The minimum absolute atomic E-state index is 0.425. The van der Waals surface area contributed by atoms with Crippen molar-refractivity contribution in [1.29, 1.82) is 0 Å². The van der Waals surface area contributed by atoms with E-state index in [2.05, 4.69) is 34.1 Å². The van der Waals surface area contributed by atoms with Gasteiger partial charge in [-0.05, 0) is 12.0 Å². The standard InChI is InChI=1S/C10H13N5S/c1-6(2)7-5-16-10(13-7)15-9-12-4-3-8(11)14-9/h3-6H,1-2H3,(H3,11,12,13,14,15). The Labute approximate surface area is 97.8 Å². The topological polar surface area (TPSA) is 76.7 Å².